The maximum atomic E-state index is 11.9. The average molecular weight is 380 g/mol. The molecule has 0 fully saturated rings. The predicted octanol–water partition coefficient (Wildman–Crippen LogP) is 4.01. The number of alkyl halides is 5. The SMILES string of the molecule is CN(C(=O)Nc1ccccc1)C(O)C(Cl)(Cl)C(Cl)(Cl)Cl. The Hall–Kier alpha value is -0.1000. The number of anilines is 1. The molecule has 0 aromatic heterocycles. The molecular weight excluding hydrogens is 369 g/mol. The average Bonchev–Trinajstić information content (AvgIpc) is 2.36. The zero-order valence-electron chi connectivity index (χ0n) is 10.2. The van der Waals surface area contributed by atoms with Crippen LogP contribution in [-0.2, 0) is 0 Å². The lowest BCUT2D eigenvalue weighted by Crippen LogP contribution is -2.54. The number of hydrogen-bond donors (Lipinski definition) is 2. The predicted molar refractivity (Wildman–Crippen MR) is 84.0 cm³/mol. The van der Waals surface area contributed by atoms with Gasteiger partial charge < -0.3 is 10.4 Å². The van der Waals surface area contributed by atoms with Crippen molar-refractivity contribution in [2.45, 2.75) is 14.4 Å². The first-order valence-corrected chi connectivity index (χ1v) is 7.18. The molecule has 1 unspecified atom stereocenters. The summed E-state index contributed by atoms with van der Waals surface area (Å²) >= 11 is 28.3. The summed E-state index contributed by atoms with van der Waals surface area (Å²) in [4.78, 5) is 12.8. The van der Waals surface area contributed by atoms with Crippen molar-refractivity contribution in [3.8, 4) is 0 Å². The number of aliphatic hydroxyl groups excluding tert-OH is 1. The van der Waals surface area contributed by atoms with Gasteiger partial charge in [0.25, 0.3) is 0 Å². The van der Waals surface area contributed by atoms with Crippen LogP contribution >= 0.6 is 58.0 Å². The molecular formula is C11H11Cl5N2O2. The molecule has 2 N–H and O–H groups in total. The van der Waals surface area contributed by atoms with Crippen molar-refractivity contribution in [3.05, 3.63) is 30.3 Å². The van der Waals surface area contributed by atoms with Crippen LogP contribution < -0.4 is 5.32 Å². The molecule has 1 aromatic carbocycles. The highest BCUT2D eigenvalue weighted by Gasteiger charge is 2.53. The summed E-state index contributed by atoms with van der Waals surface area (Å²) in [6.45, 7) is 0. The van der Waals surface area contributed by atoms with Gasteiger partial charge in [-0.25, -0.2) is 4.79 Å². The summed E-state index contributed by atoms with van der Waals surface area (Å²) in [5.41, 5.74) is 0.528. The Balaban J connectivity index is 2.79. The standard InChI is InChI=1S/C11H11Cl5N2O2/c1-18(8(19)10(12,13)11(14,15)16)9(20)17-7-5-3-2-4-6-7/h2-6,8,19H,1H3,(H,17,20). The number of urea groups is 1. The van der Waals surface area contributed by atoms with E-state index in [4.69, 9.17) is 58.0 Å². The third kappa shape index (κ3) is 4.20. The molecule has 0 bridgehead atoms. The van der Waals surface area contributed by atoms with Crippen LogP contribution in [0.25, 0.3) is 0 Å². The summed E-state index contributed by atoms with van der Waals surface area (Å²) in [5, 5.41) is 12.5. The summed E-state index contributed by atoms with van der Waals surface area (Å²) in [6.07, 6.45) is -1.73. The summed E-state index contributed by atoms with van der Waals surface area (Å²) in [5.74, 6) is 0. The van der Waals surface area contributed by atoms with E-state index in [0.717, 1.165) is 4.90 Å². The Morgan fingerprint density at radius 3 is 2.15 bits per heavy atom. The molecule has 0 saturated heterocycles. The molecule has 1 atom stereocenters. The maximum absolute atomic E-state index is 11.9. The highest BCUT2D eigenvalue weighted by atomic mass is 35.6. The molecule has 0 aliphatic heterocycles. The monoisotopic (exact) mass is 378 g/mol. The molecule has 9 heteroatoms. The van der Waals surface area contributed by atoms with Gasteiger partial charge in [0, 0.05) is 12.7 Å². The third-order valence-corrected chi connectivity index (χ3v) is 4.85. The van der Waals surface area contributed by atoms with Gasteiger partial charge in [0.2, 0.25) is 8.13 Å². The van der Waals surface area contributed by atoms with Crippen LogP contribution in [0.2, 0.25) is 0 Å². The number of aliphatic hydroxyl groups is 1. The molecule has 2 amide bonds. The van der Waals surface area contributed by atoms with Crippen LogP contribution in [0.15, 0.2) is 30.3 Å². The first-order chi connectivity index (χ1) is 9.07. The number of rotatable bonds is 3. The Bertz CT molecular complexity index is 464. The molecule has 1 aromatic rings. The number of benzene rings is 1. The van der Waals surface area contributed by atoms with Gasteiger partial charge in [-0.1, -0.05) is 76.2 Å². The van der Waals surface area contributed by atoms with Crippen molar-refractivity contribution >= 4 is 69.7 Å². The lowest BCUT2D eigenvalue weighted by molar-refractivity contribution is 0.0383. The molecule has 0 saturated carbocycles. The molecule has 20 heavy (non-hydrogen) atoms. The van der Waals surface area contributed by atoms with Gasteiger partial charge in [0.1, 0.15) is 0 Å². The Kier molecular flexibility index (Phi) is 6.08. The quantitative estimate of drug-likeness (QED) is 0.615. The molecule has 0 spiro atoms. The number of carbonyl (C=O) groups excluding carboxylic acids is 1. The Labute approximate surface area is 141 Å². The molecule has 0 aliphatic carbocycles. The maximum Gasteiger partial charge on any atom is 0.323 e. The van der Waals surface area contributed by atoms with Gasteiger partial charge in [-0.2, -0.15) is 0 Å². The minimum Gasteiger partial charge on any atom is -0.370 e. The van der Waals surface area contributed by atoms with Gasteiger partial charge in [-0.3, -0.25) is 4.90 Å². The second-order valence-electron chi connectivity index (χ2n) is 3.90. The van der Waals surface area contributed by atoms with E-state index in [-0.39, 0.29) is 0 Å². The van der Waals surface area contributed by atoms with E-state index in [1.165, 1.54) is 7.05 Å². The first kappa shape index (κ1) is 18.0. The van der Waals surface area contributed by atoms with E-state index in [0.29, 0.717) is 5.69 Å². The van der Waals surface area contributed by atoms with Crippen molar-refractivity contribution in [1.29, 1.82) is 0 Å². The van der Waals surface area contributed by atoms with Gasteiger partial charge in [0.15, 0.2) is 6.23 Å². The fraction of sp³-hybridized carbons (Fsp3) is 0.364. The van der Waals surface area contributed by atoms with E-state index >= 15 is 0 Å². The number of amides is 2. The van der Waals surface area contributed by atoms with E-state index in [1.54, 1.807) is 30.3 Å². The van der Waals surface area contributed by atoms with E-state index in [1.807, 2.05) is 0 Å². The van der Waals surface area contributed by atoms with Crippen molar-refractivity contribution in [3.63, 3.8) is 0 Å². The zero-order valence-corrected chi connectivity index (χ0v) is 13.9. The topological polar surface area (TPSA) is 52.6 Å². The number of para-hydroxylation sites is 1. The summed E-state index contributed by atoms with van der Waals surface area (Å²) in [7, 11) is 1.26. The Morgan fingerprint density at radius 2 is 1.70 bits per heavy atom. The number of nitrogens with zero attached hydrogens (tertiary/aromatic N) is 1. The smallest absolute Gasteiger partial charge is 0.323 e. The highest BCUT2D eigenvalue weighted by Crippen LogP contribution is 2.48. The molecule has 1 rings (SSSR count). The van der Waals surface area contributed by atoms with Gasteiger partial charge >= 0.3 is 6.03 Å². The second kappa shape index (κ2) is 6.77. The minimum atomic E-state index is -2.19. The second-order valence-corrected chi connectivity index (χ2v) is 7.57. The van der Waals surface area contributed by atoms with Crippen molar-refractivity contribution in [2.24, 2.45) is 0 Å². The van der Waals surface area contributed by atoms with Gasteiger partial charge in [0.05, 0.1) is 0 Å². The van der Waals surface area contributed by atoms with Crippen molar-refractivity contribution in [1.82, 2.24) is 4.90 Å². The van der Waals surface area contributed by atoms with E-state index in [9.17, 15) is 9.90 Å². The highest BCUT2D eigenvalue weighted by molar-refractivity contribution is 6.75. The number of hydrogen-bond acceptors (Lipinski definition) is 2. The van der Waals surface area contributed by atoms with Crippen molar-refractivity contribution in [2.75, 3.05) is 12.4 Å². The van der Waals surface area contributed by atoms with Gasteiger partial charge in [-0.05, 0) is 12.1 Å². The van der Waals surface area contributed by atoms with Crippen LogP contribution in [0.4, 0.5) is 10.5 Å². The van der Waals surface area contributed by atoms with Crippen LogP contribution in [0.5, 0.6) is 0 Å². The Morgan fingerprint density at radius 1 is 1.20 bits per heavy atom. The van der Waals surface area contributed by atoms with Gasteiger partial charge in [-0.15, -0.1) is 0 Å². The fourth-order valence-corrected chi connectivity index (χ4v) is 1.82. The lowest BCUT2D eigenvalue weighted by atomic mass is 10.3. The van der Waals surface area contributed by atoms with Crippen LogP contribution in [-0.4, -0.2) is 37.4 Å². The molecule has 0 heterocycles. The lowest BCUT2D eigenvalue weighted by Gasteiger charge is -2.36. The minimum absolute atomic E-state index is 0.528. The molecule has 0 radical (unpaired) electrons. The van der Waals surface area contributed by atoms with Crippen LogP contribution in [0.3, 0.4) is 0 Å². The van der Waals surface area contributed by atoms with E-state index in [2.05, 4.69) is 5.32 Å². The number of halogens is 5. The molecule has 4 nitrogen and oxygen atoms in total. The zero-order chi connectivity index (χ0) is 15.6. The molecule has 0 aliphatic rings. The van der Waals surface area contributed by atoms with Crippen molar-refractivity contribution < 1.29 is 9.90 Å². The normalized spacial score (nSPS) is 13.8. The molecule has 112 valence electrons. The summed E-state index contributed by atoms with van der Waals surface area (Å²) in [6, 6.07) is 7.94. The van der Waals surface area contributed by atoms with E-state index < -0.39 is 20.4 Å². The largest absolute Gasteiger partial charge is 0.370 e. The first-order valence-electron chi connectivity index (χ1n) is 5.29. The van der Waals surface area contributed by atoms with Crippen LogP contribution in [0.1, 0.15) is 0 Å². The van der Waals surface area contributed by atoms with Crippen LogP contribution in [0, 0.1) is 0 Å². The summed E-state index contributed by atoms with van der Waals surface area (Å²) < 4.78 is -4.38. The number of nitrogens with one attached hydrogen (secondary N) is 1. The third-order valence-electron chi connectivity index (χ3n) is 2.41. The fourth-order valence-electron chi connectivity index (χ4n) is 1.23. The number of carbonyl (C=O) groups is 1.